The molecule has 0 aromatic heterocycles. The number of imide groups is 1. The van der Waals surface area contributed by atoms with Crippen molar-refractivity contribution in [3.8, 4) is 0 Å². The topological polar surface area (TPSA) is 66.9 Å². The van der Waals surface area contributed by atoms with Crippen LogP contribution in [0.1, 0.15) is 49.4 Å². The predicted molar refractivity (Wildman–Crippen MR) is 109 cm³/mol. The van der Waals surface area contributed by atoms with Crippen molar-refractivity contribution in [1.82, 2.24) is 4.90 Å². The number of esters is 1. The van der Waals surface area contributed by atoms with Gasteiger partial charge in [-0.15, -0.1) is 0 Å². The molecular weight excluding hydrogens is 368 g/mol. The molecule has 2 fully saturated rings. The fourth-order valence-corrected chi connectivity index (χ4v) is 4.62. The number of rotatable bonds is 6. The van der Waals surface area contributed by atoms with Gasteiger partial charge in [0.25, 0.3) is 5.91 Å². The van der Waals surface area contributed by atoms with Crippen LogP contribution < -0.4 is 4.90 Å². The minimum absolute atomic E-state index is 0.153. The molecular formula is C23H28N2O4. The number of amides is 2. The average molecular weight is 396 g/mol. The zero-order valence-electron chi connectivity index (χ0n) is 16.9. The lowest BCUT2D eigenvalue weighted by molar-refractivity contribution is -0.122. The van der Waals surface area contributed by atoms with E-state index in [9.17, 15) is 14.4 Å². The number of unbranched alkanes of at least 4 members (excludes halogenated alkanes) is 1. The fourth-order valence-electron chi connectivity index (χ4n) is 4.62. The molecule has 2 saturated heterocycles. The molecule has 2 amide bonds. The summed E-state index contributed by atoms with van der Waals surface area (Å²) in [5.74, 6) is 0.478. The maximum atomic E-state index is 13.1. The van der Waals surface area contributed by atoms with Crippen LogP contribution in [-0.4, -0.2) is 48.4 Å². The summed E-state index contributed by atoms with van der Waals surface area (Å²) in [6, 6.07) is 6.18. The number of likely N-dealkylation sites (tertiary alicyclic amines) is 1. The molecule has 3 atom stereocenters. The molecule has 4 rings (SSSR count). The van der Waals surface area contributed by atoms with Crippen molar-refractivity contribution >= 4 is 23.5 Å². The summed E-state index contributed by atoms with van der Waals surface area (Å²) in [7, 11) is 0. The Hall–Kier alpha value is -2.47. The summed E-state index contributed by atoms with van der Waals surface area (Å²) < 4.78 is 5.21. The molecule has 0 bridgehead atoms. The van der Waals surface area contributed by atoms with Gasteiger partial charge in [-0.05, 0) is 55.4 Å². The van der Waals surface area contributed by atoms with E-state index < -0.39 is 0 Å². The van der Waals surface area contributed by atoms with Crippen LogP contribution in [0.3, 0.4) is 0 Å². The number of hydrogen-bond donors (Lipinski definition) is 0. The standard InChI is InChI=1S/C23H28N2O4/c1-2-3-12-29-23(28)16-8-10-19(11-9-16)25-21(26)13-20(22(25)27)24-14-17-6-4-5-7-18(17)15-24/h4-5,8-11,17-18,20H,2-3,6-7,12-15H2,1H3/t17-,18+,20?. The van der Waals surface area contributed by atoms with Crippen LogP contribution in [0.25, 0.3) is 0 Å². The van der Waals surface area contributed by atoms with E-state index in [0.29, 0.717) is 29.7 Å². The predicted octanol–water partition coefficient (Wildman–Crippen LogP) is 3.17. The van der Waals surface area contributed by atoms with Gasteiger partial charge in [-0.25, -0.2) is 9.69 Å². The molecule has 154 valence electrons. The lowest BCUT2D eigenvalue weighted by atomic mass is 9.86. The highest BCUT2D eigenvalue weighted by Crippen LogP contribution is 2.36. The zero-order chi connectivity index (χ0) is 20.4. The maximum Gasteiger partial charge on any atom is 0.338 e. The van der Waals surface area contributed by atoms with Crippen molar-refractivity contribution in [2.75, 3.05) is 24.6 Å². The number of ether oxygens (including phenoxy) is 1. The largest absolute Gasteiger partial charge is 0.462 e. The van der Waals surface area contributed by atoms with Crippen molar-refractivity contribution in [3.05, 3.63) is 42.0 Å². The Labute approximate surface area is 171 Å². The average Bonchev–Trinajstić information content (AvgIpc) is 3.28. The van der Waals surface area contributed by atoms with Gasteiger partial charge in [0.05, 0.1) is 30.3 Å². The van der Waals surface area contributed by atoms with Crippen LogP contribution in [0.2, 0.25) is 0 Å². The van der Waals surface area contributed by atoms with Crippen molar-refractivity contribution in [1.29, 1.82) is 0 Å². The molecule has 0 radical (unpaired) electrons. The smallest absolute Gasteiger partial charge is 0.338 e. The molecule has 0 saturated carbocycles. The Morgan fingerprint density at radius 2 is 1.72 bits per heavy atom. The van der Waals surface area contributed by atoms with E-state index in [1.165, 1.54) is 4.90 Å². The first-order valence-electron chi connectivity index (χ1n) is 10.6. The zero-order valence-corrected chi connectivity index (χ0v) is 16.9. The summed E-state index contributed by atoms with van der Waals surface area (Å²) >= 11 is 0. The number of benzene rings is 1. The van der Waals surface area contributed by atoms with Crippen molar-refractivity contribution in [3.63, 3.8) is 0 Å². The molecule has 0 N–H and O–H groups in total. The van der Waals surface area contributed by atoms with Gasteiger partial charge in [0.15, 0.2) is 0 Å². The van der Waals surface area contributed by atoms with E-state index in [1.807, 2.05) is 6.92 Å². The van der Waals surface area contributed by atoms with E-state index in [0.717, 1.165) is 38.8 Å². The second-order valence-corrected chi connectivity index (χ2v) is 8.24. The number of hydrogen-bond acceptors (Lipinski definition) is 5. The van der Waals surface area contributed by atoms with Gasteiger partial charge in [-0.1, -0.05) is 25.5 Å². The number of nitrogens with zero attached hydrogens (tertiary/aromatic N) is 2. The monoisotopic (exact) mass is 396 g/mol. The second kappa shape index (κ2) is 8.49. The Bertz CT molecular complexity index is 801. The number of anilines is 1. The molecule has 1 aromatic rings. The van der Waals surface area contributed by atoms with Gasteiger partial charge in [0.1, 0.15) is 0 Å². The van der Waals surface area contributed by atoms with Crippen LogP contribution in [0, 0.1) is 11.8 Å². The molecule has 1 aromatic carbocycles. The lowest BCUT2D eigenvalue weighted by Gasteiger charge is -2.22. The molecule has 6 nitrogen and oxygen atoms in total. The summed E-state index contributed by atoms with van der Waals surface area (Å²) in [6.45, 7) is 4.20. The Kier molecular flexibility index (Phi) is 5.81. The molecule has 6 heteroatoms. The highest BCUT2D eigenvalue weighted by atomic mass is 16.5. The first kappa shape index (κ1) is 19.8. The fraction of sp³-hybridized carbons (Fsp3) is 0.522. The van der Waals surface area contributed by atoms with E-state index in [-0.39, 0.29) is 30.2 Å². The van der Waals surface area contributed by atoms with Crippen LogP contribution in [0.15, 0.2) is 36.4 Å². The Morgan fingerprint density at radius 1 is 1.07 bits per heavy atom. The first-order valence-corrected chi connectivity index (χ1v) is 10.6. The van der Waals surface area contributed by atoms with Crippen LogP contribution in [-0.2, 0) is 14.3 Å². The third-order valence-electron chi connectivity index (χ3n) is 6.30. The summed E-state index contributed by atoms with van der Waals surface area (Å²) in [5, 5.41) is 0. The third kappa shape index (κ3) is 3.99. The van der Waals surface area contributed by atoms with Gasteiger partial charge in [-0.3, -0.25) is 14.5 Å². The molecule has 0 spiro atoms. The number of fused-ring (bicyclic) bond motifs is 1. The van der Waals surface area contributed by atoms with Crippen LogP contribution in [0.4, 0.5) is 5.69 Å². The Morgan fingerprint density at radius 3 is 2.34 bits per heavy atom. The minimum Gasteiger partial charge on any atom is -0.462 e. The maximum absolute atomic E-state index is 13.1. The van der Waals surface area contributed by atoms with Gasteiger partial charge in [0, 0.05) is 13.1 Å². The molecule has 2 aliphatic heterocycles. The summed E-state index contributed by atoms with van der Waals surface area (Å²) in [5.41, 5.74) is 0.947. The van der Waals surface area contributed by atoms with Crippen molar-refractivity contribution in [2.24, 2.45) is 11.8 Å². The molecule has 29 heavy (non-hydrogen) atoms. The van der Waals surface area contributed by atoms with Gasteiger partial charge >= 0.3 is 5.97 Å². The van der Waals surface area contributed by atoms with Crippen LogP contribution in [0.5, 0.6) is 0 Å². The Balaban J connectivity index is 1.42. The molecule has 2 heterocycles. The number of carbonyl (C=O) groups excluding carboxylic acids is 3. The van der Waals surface area contributed by atoms with Gasteiger partial charge in [0.2, 0.25) is 5.91 Å². The second-order valence-electron chi connectivity index (χ2n) is 8.24. The number of carbonyl (C=O) groups is 3. The highest BCUT2D eigenvalue weighted by Gasteiger charge is 2.46. The van der Waals surface area contributed by atoms with E-state index in [1.54, 1.807) is 24.3 Å². The van der Waals surface area contributed by atoms with Crippen molar-refractivity contribution in [2.45, 2.75) is 45.1 Å². The molecule has 1 unspecified atom stereocenters. The highest BCUT2D eigenvalue weighted by molar-refractivity contribution is 6.22. The minimum atomic E-state index is -0.379. The van der Waals surface area contributed by atoms with Gasteiger partial charge < -0.3 is 4.74 Å². The molecule has 3 aliphatic rings. The van der Waals surface area contributed by atoms with Crippen molar-refractivity contribution < 1.29 is 19.1 Å². The SMILES string of the molecule is CCCCOC(=O)c1ccc(N2C(=O)CC(N3C[C@H]4CC=CC[C@H]4C3)C2=O)cc1. The van der Waals surface area contributed by atoms with Gasteiger partial charge in [-0.2, -0.15) is 0 Å². The van der Waals surface area contributed by atoms with E-state index >= 15 is 0 Å². The van der Waals surface area contributed by atoms with E-state index in [4.69, 9.17) is 4.74 Å². The van der Waals surface area contributed by atoms with E-state index in [2.05, 4.69) is 17.1 Å². The number of allylic oxidation sites excluding steroid dienone is 2. The third-order valence-corrected chi connectivity index (χ3v) is 6.30. The normalized spacial score (nSPS) is 26.8. The summed E-state index contributed by atoms with van der Waals surface area (Å²) in [6.07, 6.45) is 8.61. The first-order chi connectivity index (χ1) is 14.1. The summed E-state index contributed by atoms with van der Waals surface area (Å²) in [4.78, 5) is 41.2. The quantitative estimate of drug-likeness (QED) is 0.320. The molecule has 1 aliphatic carbocycles. The lowest BCUT2D eigenvalue weighted by Crippen LogP contribution is -2.41. The van der Waals surface area contributed by atoms with Crippen LogP contribution >= 0.6 is 0 Å².